The summed E-state index contributed by atoms with van der Waals surface area (Å²) < 4.78 is 13.5. The zero-order chi connectivity index (χ0) is 13.1. The molecule has 1 fully saturated rings. The molecule has 0 aromatic heterocycles. The number of carbonyl (C=O) groups is 1. The van der Waals surface area contributed by atoms with Gasteiger partial charge in [0.1, 0.15) is 17.1 Å². The third-order valence-corrected chi connectivity index (χ3v) is 4.37. The van der Waals surface area contributed by atoms with E-state index < -0.39 is 11.7 Å². The van der Waals surface area contributed by atoms with Crippen LogP contribution in [0.5, 0.6) is 5.75 Å². The number of phenolic OH excluding ortho intramolecular Hbond substituents is 1. The van der Waals surface area contributed by atoms with Crippen molar-refractivity contribution in [1.29, 1.82) is 0 Å². The highest BCUT2D eigenvalue weighted by Crippen LogP contribution is 2.29. The molecule has 0 heterocycles. The lowest BCUT2D eigenvalue weighted by molar-refractivity contribution is 0.0931. The molecule has 18 heavy (non-hydrogen) atoms. The molecule has 0 radical (unpaired) electrons. The van der Waals surface area contributed by atoms with Crippen molar-refractivity contribution in [1.82, 2.24) is 5.32 Å². The smallest absolute Gasteiger partial charge is 0.258 e. The zero-order valence-corrected chi connectivity index (χ0v) is 11.0. The van der Waals surface area contributed by atoms with Gasteiger partial charge in [-0.2, -0.15) is 11.8 Å². The van der Waals surface area contributed by atoms with E-state index >= 15 is 0 Å². The average Bonchev–Trinajstić information content (AvgIpc) is 2.76. The monoisotopic (exact) mass is 269 g/mol. The van der Waals surface area contributed by atoms with Crippen LogP contribution in [0.2, 0.25) is 0 Å². The molecule has 0 unspecified atom stereocenters. The van der Waals surface area contributed by atoms with Gasteiger partial charge in [0.15, 0.2) is 0 Å². The minimum atomic E-state index is -0.688. The Morgan fingerprint density at radius 3 is 2.89 bits per heavy atom. The van der Waals surface area contributed by atoms with Crippen molar-refractivity contribution in [2.75, 3.05) is 6.26 Å². The van der Waals surface area contributed by atoms with Crippen molar-refractivity contribution in [3.63, 3.8) is 0 Å². The normalized spacial score (nSPS) is 23.0. The first kappa shape index (κ1) is 13.2. The summed E-state index contributed by atoms with van der Waals surface area (Å²) in [6, 6.07) is 3.94. The van der Waals surface area contributed by atoms with E-state index in [4.69, 9.17) is 0 Å². The number of hydrogen-bond donors (Lipinski definition) is 2. The highest BCUT2D eigenvalue weighted by Gasteiger charge is 2.27. The van der Waals surface area contributed by atoms with E-state index in [-0.39, 0.29) is 17.4 Å². The molecule has 1 aromatic rings. The highest BCUT2D eigenvalue weighted by molar-refractivity contribution is 7.99. The lowest BCUT2D eigenvalue weighted by Gasteiger charge is -2.13. The van der Waals surface area contributed by atoms with Crippen molar-refractivity contribution >= 4 is 17.7 Å². The van der Waals surface area contributed by atoms with Gasteiger partial charge in [-0.05, 0) is 37.7 Å². The summed E-state index contributed by atoms with van der Waals surface area (Å²) >= 11 is 1.79. The van der Waals surface area contributed by atoms with Crippen molar-refractivity contribution < 1.29 is 14.3 Å². The molecule has 0 spiro atoms. The summed E-state index contributed by atoms with van der Waals surface area (Å²) in [5, 5.41) is 12.9. The maximum atomic E-state index is 13.5. The Hall–Kier alpha value is -1.23. The molecular formula is C13H16FNO2S. The summed E-state index contributed by atoms with van der Waals surface area (Å²) in [6.07, 6.45) is 4.93. The zero-order valence-electron chi connectivity index (χ0n) is 10.1. The number of carbonyl (C=O) groups excluding carboxylic acids is 1. The van der Waals surface area contributed by atoms with Crippen LogP contribution in [0.3, 0.4) is 0 Å². The van der Waals surface area contributed by atoms with Gasteiger partial charge < -0.3 is 10.4 Å². The molecule has 1 aliphatic carbocycles. The van der Waals surface area contributed by atoms with E-state index in [1.807, 2.05) is 0 Å². The largest absolute Gasteiger partial charge is 0.507 e. The van der Waals surface area contributed by atoms with Gasteiger partial charge in [-0.25, -0.2) is 4.39 Å². The average molecular weight is 269 g/mol. The second-order valence-corrected chi connectivity index (χ2v) is 5.61. The van der Waals surface area contributed by atoms with Gasteiger partial charge in [-0.1, -0.05) is 6.07 Å². The number of phenols is 1. The van der Waals surface area contributed by atoms with Crippen LogP contribution in [0.25, 0.3) is 0 Å². The van der Waals surface area contributed by atoms with Crippen LogP contribution in [-0.2, 0) is 0 Å². The first-order chi connectivity index (χ1) is 8.61. The third-order valence-electron chi connectivity index (χ3n) is 3.27. The van der Waals surface area contributed by atoms with Crippen LogP contribution in [0.1, 0.15) is 29.6 Å². The van der Waals surface area contributed by atoms with Gasteiger partial charge in [0, 0.05) is 11.3 Å². The fraction of sp³-hybridized carbons (Fsp3) is 0.462. The minimum absolute atomic E-state index is 0.0777. The van der Waals surface area contributed by atoms with Crippen molar-refractivity contribution in [2.45, 2.75) is 30.6 Å². The number of nitrogens with one attached hydrogen (secondary N) is 1. The molecule has 5 heteroatoms. The Balaban J connectivity index is 2.04. The number of halogens is 1. The number of thioether (sulfide) groups is 1. The summed E-state index contributed by atoms with van der Waals surface area (Å²) in [6.45, 7) is 0. The lowest BCUT2D eigenvalue weighted by Crippen LogP contribution is -2.33. The van der Waals surface area contributed by atoms with Crippen LogP contribution in [-0.4, -0.2) is 28.6 Å². The maximum Gasteiger partial charge on any atom is 0.258 e. The molecule has 2 atom stereocenters. The van der Waals surface area contributed by atoms with Crippen molar-refractivity contribution in [3.8, 4) is 5.75 Å². The van der Waals surface area contributed by atoms with Gasteiger partial charge in [0.05, 0.1) is 0 Å². The molecule has 2 N–H and O–H groups in total. The molecule has 3 nitrogen and oxygen atoms in total. The van der Waals surface area contributed by atoms with Gasteiger partial charge in [0.2, 0.25) is 0 Å². The van der Waals surface area contributed by atoms with Gasteiger partial charge in [0.25, 0.3) is 5.91 Å². The van der Waals surface area contributed by atoms with Gasteiger partial charge >= 0.3 is 0 Å². The van der Waals surface area contributed by atoms with Crippen LogP contribution in [0.4, 0.5) is 4.39 Å². The number of aromatic hydroxyl groups is 1. The summed E-state index contributed by atoms with van der Waals surface area (Å²) in [5.74, 6) is -1.53. The van der Waals surface area contributed by atoms with Gasteiger partial charge in [-0.15, -0.1) is 0 Å². The first-order valence-electron chi connectivity index (χ1n) is 5.93. The molecular weight excluding hydrogens is 253 g/mol. The van der Waals surface area contributed by atoms with Crippen LogP contribution in [0, 0.1) is 5.82 Å². The van der Waals surface area contributed by atoms with Crippen LogP contribution >= 0.6 is 11.8 Å². The molecule has 0 bridgehead atoms. The highest BCUT2D eigenvalue weighted by atomic mass is 32.2. The molecule has 0 saturated heterocycles. The summed E-state index contributed by atoms with van der Waals surface area (Å²) in [4.78, 5) is 11.9. The van der Waals surface area contributed by atoms with E-state index in [9.17, 15) is 14.3 Å². The van der Waals surface area contributed by atoms with E-state index in [0.29, 0.717) is 5.25 Å². The molecule has 98 valence electrons. The number of rotatable bonds is 3. The van der Waals surface area contributed by atoms with Crippen molar-refractivity contribution in [2.24, 2.45) is 0 Å². The van der Waals surface area contributed by atoms with E-state index in [1.54, 1.807) is 11.8 Å². The van der Waals surface area contributed by atoms with E-state index in [2.05, 4.69) is 11.6 Å². The predicted molar refractivity (Wildman–Crippen MR) is 70.5 cm³/mol. The lowest BCUT2D eigenvalue weighted by atomic mass is 10.1. The third kappa shape index (κ3) is 2.77. The second kappa shape index (κ2) is 5.61. The second-order valence-electron chi connectivity index (χ2n) is 4.48. The number of benzene rings is 1. The van der Waals surface area contributed by atoms with Crippen LogP contribution < -0.4 is 5.32 Å². The van der Waals surface area contributed by atoms with Crippen LogP contribution in [0.15, 0.2) is 18.2 Å². The van der Waals surface area contributed by atoms with Crippen molar-refractivity contribution in [3.05, 3.63) is 29.6 Å². The van der Waals surface area contributed by atoms with Gasteiger partial charge in [-0.3, -0.25) is 4.79 Å². The minimum Gasteiger partial charge on any atom is -0.507 e. The Kier molecular flexibility index (Phi) is 4.11. The number of amides is 1. The standard InChI is InChI=1S/C13H16FNO2S/c1-18-9-6-5-8(7-9)15-13(17)12-10(14)3-2-4-11(12)16/h2-4,8-9,16H,5-7H2,1H3,(H,15,17)/t8-,9+/m0/s1. The summed E-state index contributed by atoms with van der Waals surface area (Å²) in [5.41, 5.74) is -0.259. The molecule has 1 amide bonds. The Morgan fingerprint density at radius 1 is 1.50 bits per heavy atom. The fourth-order valence-corrected chi connectivity index (χ4v) is 3.08. The quantitative estimate of drug-likeness (QED) is 0.886. The molecule has 1 aliphatic rings. The molecule has 0 aliphatic heterocycles. The maximum absolute atomic E-state index is 13.5. The molecule has 1 aromatic carbocycles. The Bertz CT molecular complexity index is 432. The molecule has 1 saturated carbocycles. The topological polar surface area (TPSA) is 49.3 Å². The number of hydrogen-bond acceptors (Lipinski definition) is 3. The van der Waals surface area contributed by atoms with E-state index in [1.165, 1.54) is 18.2 Å². The predicted octanol–water partition coefficient (Wildman–Crippen LogP) is 2.55. The Morgan fingerprint density at radius 2 is 2.28 bits per heavy atom. The molecule has 2 rings (SSSR count). The first-order valence-corrected chi connectivity index (χ1v) is 7.21. The Labute approximate surface area is 110 Å². The fourth-order valence-electron chi connectivity index (χ4n) is 2.28. The SMILES string of the molecule is CS[C@@H]1CC[C@H](NC(=O)c2c(O)cccc2F)C1. The summed E-state index contributed by atoms with van der Waals surface area (Å²) in [7, 11) is 0. The van der Waals surface area contributed by atoms with E-state index in [0.717, 1.165) is 19.3 Å².